The van der Waals surface area contributed by atoms with E-state index in [1.165, 1.54) is 11.8 Å². The average molecular weight is 494 g/mol. The molecule has 0 saturated heterocycles. The van der Waals surface area contributed by atoms with Crippen LogP contribution in [0.5, 0.6) is 5.75 Å². The van der Waals surface area contributed by atoms with Crippen LogP contribution in [0.15, 0.2) is 90.1 Å². The summed E-state index contributed by atoms with van der Waals surface area (Å²) in [6.45, 7) is 0.130. The van der Waals surface area contributed by atoms with Gasteiger partial charge in [-0.25, -0.2) is 0 Å². The van der Waals surface area contributed by atoms with Crippen LogP contribution in [-0.2, 0) is 11.4 Å². The molecule has 1 heterocycles. The fraction of sp³-hybridized carbons (Fsp3) is 0.0833. The molecule has 0 saturated carbocycles. The van der Waals surface area contributed by atoms with Gasteiger partial charge in [-0.05, 0) is 36.4 Å². The average Bonchev–Trinajstić information content (AvgIpc) is 3.29. The zero-order chi connectivity index (χ0) is 23.8. The van der Waals surface area contributed by atoms with Crippen molar-refractivity contribution in [1.82, 2.24) is 25.6 Å². The zero-order valence-corrected chi connectivity index (χ0v) is 19.4. The molecule has 10 heteroatoms. The Morgan fingerprint density at radius 3 is 2.29 bits per heavy atom. The minimum atomic E-state index is -0.398. The first-order valence-corrected chi connectivity index (χ1v) is 11.6. The lowest BCUT2D eigenvalue weighted by Gasteiger charge is -2.12. The van der Waals surface area contributed by atoms with Crippen molar-refractivity contribution >= 4 is 35.2 Å². The molecular formula is C24H20ClN5O3S. The second-order valence-corrected chi connectivity index (χ2v) is 8.30. The predicted molar refractivity (Wildman–Crippen MR) is 130 cm³/mol. The number of nitrogens with one attached hydrogen (secondary N) is 2. The van der Waals surface area contributed by atoms with Crippen LogP contribution in [-0.4, -0.2) is 32.3 Å². The fourth-order valence-corrected chi connectivity index (χ4v) is 3.94. The maximum Gasteiger partial charge on any atom is 0.269 e. The molecule has 0 aliphatic rings. The van der Waals surface area contributed by atoms with E-state index in [1.807, 2.05) is 53.1 Å². The number of carbonyl (C=O) groups excluding carboxylic acids is 2. The maximum absolute atomic E-state index is 12.3. The highest BCUT2D eigenvalue weighted by Crippen LogP contribution is 2.26. The molecule has 4 rings (SSSR count). The molecule has 0 atom stereocenters. The molecule has 2 N–H and O–H groups in total. The predicted octanol–water partition coefficient (Wildman–Crippen LogP) is 4.05. The first-order valence-electron chi connectivity index (χ1n) is 10.3. The van der Waals surface area contributed by atoms with E-state index in [1.54, 1.807) is 36.4 Å². The number of halogens is 1. The smallest absolute Gasteiger partial charge is 0.269 e. The fourth-order valence-electron chi connectivity index (χ4n) is 2.98. The zero-order valence-electron chi connectivity index (χ0n) is 17.8. The standard InChI is InChI=1S/C24H20ClN5O3S/c25-19-13-7-8-14-20(19)33-15-21-26-29-24(30(21)18-11-5-2-6-12-18)34-16-22(31)27-28-23(32)17-9-3-1-4-10-17/h1-14H,15-16H2,(H,27,31)(H,28,32). The molecule has 172 valence electrons. The number of rotatable bonds is 8. The number of nitrogens with zero attached hydrogens (tertiary/aromatic N) is 3. The van der Waals surface area contributed by atoms with Crippen LogP contribution in [0.1, 0.15) is 16.2 Å². The summed E-state index contributed by atoms with van der Waals surface area (Å²) in [5.41, 5.74) is 6.09. The molecule has 4 aromatic rings. The van der Waals surface area contributed by atoms with Crippen molar-refractivity contribution in [3.05, 3.63) is 101 Å². The summed E-state index contributed by atoms with van der Waals surface area (Å²) in [6, 6.07) is 25.3. The molecule has 1 aromatic heterocycles. The summed E-state index contributed by atoms with van der Waals surface area (Å²) < 4.78 is 7.66. The molecule has 0 bridgehead atoms. The topological polar surface area (TPSA) is 98.1 Å². The first-order chi connectivity index (χ1) is 16.6. The van der Waals surface area contributed by atoms with Crippen LogP contribution >= 0.6 is 23.4 Å². The van der Waals surface area contributed by atoms with E-state index in [2.05, 4.69) is 21.0 Å². The van der Waals surface area contributed by atoms with E-state index >= 15 is 0 Å². The van der Waals surface area contributed by atoms with Gasteiger partial charge in [-0.15, -0.1) is 10.2 Å². The van der Waals surface area contributed by atoms with Crippen LogP contribution in [0, 0.1) is 0 Å². The Morgan fingerprint density at radius 1 is 0.882 bits per heavy atom. The first kappa shape index (κ1) is 23.3. The van der Waals surface area contributed by atoms with Gasteiger partial charge in [-0.2, -0.15) is 0 Å². The Kier molecular flexibility index (Phi) is 7.79. The van der Waals surface area contributed by atoms with Gasteiger partial charge in [0.25, 0.3) is 5.91 Å². The number of aromatic nitrogens is 3. The number of hydrogen-bond donors (Lipinski definition) is 2. The van der Waals surface area contributed by atoms with Gasteiger partial charge in [0.2, 0.25) is 5.91 Å². The van der Waals surface area contributed by atoms with Crippen molar-refractivity contribution in [2.75, 3.05) is 5.75 Å². The van der Waals surface area contributed by atoms with Gasteiger partial charge in [0.15, 0.2) is 11.0 Å². The summed E-state index contributed by atoms with van der Waals surface area (Å²) in [7, 11) is 0. The summed E-state index contributed by atoms with van der Waals surface area (Å²) >= 11 is 7.37. The molecule has 3 aromatic carbocycles. The highest BCUT2D eigenvalue weighted by molar-refractivity contribution is 7.99. The van der Waals surface area contributed by atoms with Crippen LogP contribution in [0.25, 0.3) is 5.69 Å². The van der Waals surface area contributed by atoms with E-state index in [0.29, 0.717) is 27.3 Å². The van der Waals surface area contributed by atoms with E-state index < -0.39 is 5.91 Å². The number of thioether (sulfide) groups is 1. The summed E-state index contributed by atoms with van der Waals surface area (Å²) in [4.78, 5) is 24.4. The number of hydrazine groups is 1. The molecule has 0 fully saturated rings. The Morgan fingerprint density at radius 2 is 1.56 bits per heavy atom. The Bertz CT molecular complexity index is 1270. The SMILES string of the molecule is O=C(CSc1nnc(COc2ccccc2Cl)n1-c1ccccc1)NNC(=O)c1ccccc1. The maximum atomic E-state index is 12.3. The molecular weight excluding hydrogens is 474 g/mol. The molecule has 0 aliphatic carbocycles. The number of hydrogen-bond acceptors (Lipinski definition) is 6. The van der Waals surface area contributed by atoms with Crippen molar-refractivity contribution in [3.8, 4) is 11.4 Å². The van der Waals surface area contributed by atoms with Crippen molar-refractivity contribution in [2.45, 2.75) is 11.8 Å². The Hall–Kier alpha value is -3.82. The van der Waals surface area contributed by atoms with Gasteiger partial charge in [-0.1, -0.05) is 71.9 Å². The third-order valence-corrected chi connectivity index (χ3v) is 5.83. The summed E-state index contributed by atoms with van der Waals surface area (Å²) in [5, 5.41) is 9.49. The molecule has 0 radical (unpaired) electrons. The number of para-hydroxylation sites is 2. The highest BCUT2D eigenvalue weighted by atomic mass is 35.5. The molecule has 34 heavy (non-hydrogen) atoms. The van der Waals surface area contributed by atoms with Crippen molar-refractivity contribution in [1.29, 1.82) is 0 Å². The van der Waals surface area contributed by atoms with E-state index in [-0.39, 0.29) is 18.3 Å². The van der Waals surface area contributed by atoms with Crippen molar-refractivity contribution in [2.24, 2.45) is 0 Å². The molecule has 0 unspecified atom stereocenters. The van der Waals surface area contributed by atoms with Gasteiger partial charge >= 0.3 is 0 Å². The Balaban J connectivity index is 1.42. The number of amides is 2. The van der Waals surface area contributed by atoms with E-state index in [0.717, 1.165) is 5.69 Å². The number of carbonyl (C=O) groups is 2. The number of ether oxygens (including phenoxy) is 1. The molecule has 0 aliphatic heterocycles. The van der Waals surface area contributed by atoms with Gasteiger partial charge < -0.3 is 4.74 Å². The van der Waals surface area contributed by atoms with Crippen LogP contribution in [0.2, 0.25) is 5.02 Å². The third-order valence-electron chi connectivity index (χ3n) is 4.59. The van der Waals surface area contributed by atoms with Crippen molar-refractivity contribution in [3.63, 3.8) is 0 Å². The normalized spacial score (nSPS) is 10.5. The lowest BCUT2D eigenvalue weighted by Crippen LogP contribution is -2.42. The third kappa shape index (κ3) is 5.94. The minimum absolute atomic E-state index is 0.0193. The van der Waals surface area contributed by atoms with Crippen LogP contribution in [0.3, 0.4) is 0 Å². The van der Waals surface area contributed by atoms with Gasteiger partial charge in [0.1, 0.15) is 12.4 Å². The molecule has 8 nitrogen and oxygen atoms in total. The largest absolute Gasteiger partial charge is 0.484 e. The minimum Gasteiger partial charge on any atom is -0.484 e. The lowest BCUT2D eigenvalue weighted by atomic mass is 10.2. The van der Waals surface area contributed by atoms with Gasteiger partial charge in [0, 0.05) is 11.3 Å². The van der Waals surface area contributed by atoms with E-state index in [4.69, 9.17) is 16.3 Å². The molecule has 0 spiro atoms. The highest BCUT2D eigenvalue weighted by Gasteiger charge is 2.17. The quantitative estimate of drug-likeness (QED) is 0.284. The second kappa shape index (κ2) is 11.4. The lowest BCUT2D eigenvalue weighted by molar-refractivity contribution is -0.119. The van der Waals surface area contributed by atoms with Gasteiger partial charge in [-0.3, -0.25) is 25.0 Å². The van der Waals surface area contributed by atoms with Crippen LogP contribution < -0.4 is 15.6 Å². The van der Waals surface area contributed by atoms with Crippen molar-refractivity contribution < 1.29 is 14.3 Å². The second-order valence-electron chi connectivity index (χ2n) is 6.95. The molecule has 2 amide bonds. The summed E-state index contributed by atoms with van der Waals surface area (Å²) in [5.74, 6) is 0.322. The van der Waals surface area contributed by atoms with Crippen LogP contribution in [0.4, 0.5) is 0 Å². The monoisotopic (exact) mass is 493 g/mol. The van der Waals surface area contributed by atoms with Gasteiger partial charge in [0.05, 0.1) is 10.8 Å². The Labute approximate surface area is 205 Å². The number of benzene rings is 3. The van der Waals surface area contributed by atoms with E-state index in [9.17, 15) is 9.59 Å². The summed E-state index contributed by atoms with van der Waals surface area (Å²) in [6.07, 6.45) is 0.